The molecule has 50 heavy (non-hydrogen) atoms. The lowest BCUT2D eigenvalue weighted by Gasteiger charge is -2.36. The SMILES string of the molecule is COc1ccc(S(=O)(=O)Nc2ccc3c(c2)C(=O)N([C@H](C)CO)C[C@@H](C)[C@@H](CN(C)Cc2ccc(C(=O)O)cc2)OCCCC[C@H](C)O3)cc1. The molecule has 0 aromatic heterocycles. The standard InChI is InChI=1S/C37H49N3O9S/c1-25-21-40(26(2)24-41)36(42)33-20-30(38-50(45,46)32-16-14-31(47-5)15-17-32)13-18-34(33)49-27(3)8-6-7-19-48-35(25)23-39(4)22-28-9-11-29(12-10-28)37(43)44/h9-18,20,25-27,35,38,41H,6-8,19,21-24H2,1-5H3,(H,43,44)/t25-,26-,27+,35-/m1/s1. The maximum atomic E-state index is 14.4. The first-order valence-corrected chi connectivity index (χ1v) is 18.3. The third-order valence-corrected chi connectivity index (χ3v) is 10.2. The van der Waals surface area contributed by atoms with E-state index in [0.29, 0.717) is 37.6 Å². The molecule has 0 aliphatic carbocycles. The van der Waals surface area contributed by atoms with Gasteiger partial charge in [-0.15, -0.1) is 0 Å². The summed E-state index contributed by atoms with van der Waals surface area (Å²) in [7, 11) is -0.527. The molecule has 4 atom stereocenters. The van der Waals surface area contributed by atoms with E-state index in [0.717, 1.165) is 18.4 Å². The van der Waals surface area contributed by atoms with Crippen LogP contribution >= 0.6 is 0 Å². The van der Waals surface area contributed by atoms with Crippen molar-refractivity contribution in [2.45, 2.75) is 69.7 Å². The first-order valence-electron chi connectivity index (χ1n) is 16.8. The number of carbonyl (C=O) groups is 2. The van der Waals surface area contributed by atoms with Crippen LogP contribution < -0.4 is 14.2 Å². The van der Waals surface area contributed by atoms with Crippen molar-refractivity contribution in [1.82, 2.24) is 9.80 Å². The number of aliphatic hydroxyl groups excluding tert-OH is 1. The zero-order valence-electron chi connectivity index (χ0n) is 29.4. The number of benzene rings is 3. The highest BCUT2D eigenvalue weighted by Gasteiger charge is 2.31. The number of carbonyl (C=O) groups excluding carboxylic acids is 1. The molecule has 3 aromatic rings. The Balaban J connectivity index is 1.61. The van der Waals surface area contributed by atoms with Gasteiger partial charge in [-0.2, -0.15) is 0 Å². The van der Waals surface area contributed by atoms with E-state index in [1.54, 1.807) is 60.4 Å². The molecule has 12 nitrogen and oxygen atoms in total. The Morgan fingerprint density at radius 1 is 1.08 bits per heavy atom. The van der Waals surface area contributed by atoms with Crippen molar-refractivity contribution in [3.8, 4) is 11.5 Å². The van der Waals surface area contributed by atoms with E-state index < -0.39 is 27.9 Å². The highest BCUT2D eigenvalue weighted by Crippen LogP contribution is 2.30. The second-order valence-corrected chi connectivity index (χ2v) is 14.7. The van der Waals surface area contributed by atoms with Crippen LogP contribution in [0.1, 0.15) is 66.3 Å². The number of anilines is 1. The van der Waals surface area contributed by atoms with Gasteiger partial charge in [0, 0.05) is 37.8 Å². The minimum Gasteiger partial charge on any atom is -0.497 e. The Labute approximate surface area is 295 Å². The normalized spacial score (nSPS) is 19.9. The van der Waals surface area contributed by atoms with Crippen molar-refractivity contribution in [3.05, 3.63) is 83.4 Å². The van der Waals surface area contributed by atoms with Crippen LogP contribution in [0.2, 0.25) is 0 Å². The monoisotopic (exact) mass is 711 g/mol. The third kappa shape index (κ3) is 10.4. The molecular weight excluding hydrogens is 662 g/mol. The zero-order chi connectivity index (χ0) is 36.4. The summed E-state index contributed by atoms with van der Waals surface area (Å²) >= 11 is 0. The Morgan fingerprint density at radius 2 is 1.78 bits per heavy atom. The summed E-state index contributed by atoms with van der Waals surface area (Å²) in [5.74, 6) is -0.693. The van der Waals surface area contributed by atoms with Gasteiger partial charge in [-0.05, 0) is 100 Å². The number of likely N-dealkylation sites (N-methyl/N-ethyl adjacent to an activating group) is 1. The van der Waals surface area contributed by atoms with Crippen LogP contribution in [0.15, 0.2) is 71.6 Å². The molecule has 0 spiro atoms. The fourth-order valence-electron chi connectivity index (χ4n) is 5.85. The van der Waals surface area contributed by atoms with Gasteiger partial charge in [-0.3, -0.25) is 14.4 Å². The summed E-state index contributed by atoms with van der Waals surface area (Å²) in [6.07, 6.45) is 1.87. The van der Waals surface area contributed by atoms with Crippen LogP contribution in [-0.2, 0) is 21.3 Å². The van der Waals surface area contributed by atoms with E-state index in [4.69, 9.17) is 14.2 Å². The summed E-state index contributed by atoms with van der Waals surface area (Å²) in [6.45, 7) is 7.31. The highest BCUT2D eigenvalue weighted by molar-refractivity contribution is 7.92. The molecular formula is C37H49N3O9S. The quantitative estimate of drug-likeness (QED) is 0.244. The minimum atomic E-state index is -3.99. The molecule has 4 rings (SSSR count). The first-order chi connectivity index (χ1) is 23.8. The third-order valence-electron chi connectivity index (χ3n) is 8.82. The lowest BCUT2D eigenvalue weighted by molar-refractivity contribution is -0.0177. The van der Waals surface area contributed by atoms with E-state index >= 15 is 0 Å². The van der Waals surface area contributed by atoms with E-state index in [1.165, 1.54) is 25.3 Å². The topological polar surface area (TPSA) is 155 Å². The number of rotatable bonds is 11. The number of hydrogen-bond donors (Lipinski definition) is 3. The molecule has 0 saturated heterocycles. The van der Waals surface area contributed by atoms with Crippen molar-refractivity contribution in [2.75, 3.05) is 45.2 Å². The van der Waals surface area contributed by atoms with E-state index in [2.05, 4.69) is 9.62 Å². The lowest BCUT2D eigenvalue weighted by atomic mass is 10.0. The van der Waals surface area contributed by atoms with Crippen molar-refractivity contribution in [2.24, 2.45) is 5.92 Å². The van der Waals surface area contributed by atoms with Gasteiger partial charge < -0.3 is 29.3 Å². The van der Waals surface area contributed by atoms with Crippen LogP contribution in [0.25, 0.3) is 0 Å². The number of methoxy groups -OCH3 is 1. The molecule has 0 bridgehead atoms. The Bertz CT molecular complexity index is 1680. The molecule has 3 aromatic carbocycles. The number of nitrogens with zero attached hydrogens (tertiary/aromatic N) is 2. The highest BCUT2D eigenvalue weighted by atomic mass is 32.2. The minimum absolute atomic E-state index is 0.0345. The number of carboxylic acids is 1. The van der Waals surface area contributed by atoms with Crippen LogP contribution in [0.5, 0.6) is 11.5 Å². The predicted octanol–water partition coefficient (Wildman–Crippen LogP) is 5.12. The summed E-state index contributed by atoms with van der Waals surface area (Å²) < 4.78 is 47.0. The van der Waals surface area contributed by atoms with Gasteiger partial charge in [0.1, 0.15) is 11.5 Å². The number of sulfonamides is 1. The van der Waals surface area contributed by atoms with Crippen LogP contribution in [0.4, 0.5) is 5.69 Å². The maximum absolute atomic E-state index is 14.4. The summed E-state index contributed by atoms with van der Waals surface area (Å²) in [5, 5.41) is 19.5. The number of amides is 1. The Kier molecular flexibility index (Phi) is 13.6. The van der Waals surface area contributed by atoms with Crippen molar-refractivity contribution >= 4 is 27.6 Å². The second kappa shape index (κ2) is 17.7. The number of aromatic carboxylic acids is 1. The molecule has 272 valence electrons. The lowest BCUT2D eigenvalue weighted by Crippen LogP contribution is -2.47. The smallest absolute Gasteiger partial charge is 0.335 e. The summed E-state index contributed by atoms with van der Waals surface area (Å²) in [4.78, 5) is 29.4. The predicted molar refractivity (Wildman–Crippen MR) is 190 cm³/mol. The van der Waals surface area contributed by atoms with Gasteiger partial charge in [0.2, 0.25) is 0 Å². The van der Waals surface area contributed by atoms with E-state index in [-0.39, 0.29) is 53.0 Å². The van der Waals surface area contributed by atoms with Crippen LogP contribution in [0, 0.1) is 5.92 Å². The molecule has 1 amide bonds. The summed E-state index contributed by atoms with van der Waals surface area (Å²) in [5.41, 5.74) is 1.55. The largest absolute Gasteiger partial charge is 0.497 e. The number of ether oxygens (including phenoxy) is 3. The fraction of sp³-hybridized carbons (Fsp3) is 0.459. The van der Waals surface area contributed by atoms with Gasteiger partial charge in [0.05, 0.1) is 48.0 Å². The molecule has 0 fully saturated rings. The molecule has 1 aliphatic rings. The molecule has 0 radical (unpaired) electrons. The van der Waals surface area contributed by atoms with E-state index in [9.17, 15) is 28.2 Å². The van der Waals surface area contributed by atoms with Crippen molar-refractivity contribution in [1.29, 1.82) is 0 Å². The van der Waals surface area contributed by atoms with Gasteiger partial charge in [0.25, 0.3) is 15.9 Å². The fourth-order valence-corrected chi connectivity index (χ4v) is 6.90. The molecule has 1 heterocycles. The second-order valence-electron chi connectivity index (χ2n) is 13.0. The van der Waals surface area contributed by atoms with Gasteiger partial charge in [0.15, 0.2) is 0 Å². The number of carboxylic acid groups (broad SMARTS) is 1. The average molecular weight is 712 g/mol. The Hall–Kier alpha value is -4.17. The maximum Gasteiger partial charge on any atom is 0.335 e. The number of nitrogens with one attached hydrogen (secondary N) is 1. The first kappa shape index (κ1) is 38.6. The number of hydrogen-bond acceptors (Lipinski definition) is 9. The molecule has 13 heteroatoms. The average Bonchev–Trinajstić information content (AvgIpc) is 3.09. The van der Waals surface area contributed by atoms with E-state index in [1.807, 2.05) is 20.9 Å². The number of aliphatic hydroxyl groups is 1. The number of fused-ring (bicyclic) bond motifs is 1. The van der Waals surface area contributed by atoms with Gasteiger partial charge in [-0.25, -0.2) is 13.2 Å². The molecule has 3 N–H and O–H groups in total. The Morgan fingerprint density at radius 3 is 2.42 bits per heavy atom. The van der Waals surface area contributed by atoms with Crippen LogP contribution in [0.3, 0.4) is 0 Å². The molecule has 0 unspecified atom stereocenters. The summed E-state index contributed by atoms with van der Waals surface area (Å²) in [6, 6.07) is 16.9. The van der Waals surface area contributed by atoms with Crippen molar-refractivity contribution < 1.29 is 42.4 Å². The molecule has 0 saturated carbocycles. The van der Waals surface area contributed by atoms with Crippen molar-refractivity contribution in [3.63, 3.8) is 0 Å². The zero-order valence-corrected chi connectivity index (χ0v) is 30.2. The van der Waals surface area contributed by atoms with Crippen LogP contribution in [-0.4, -0.2) is 99.0 Å². The van der Waals surface area contributed by atoms with Gasteiger partial charge >= 0.3 is 5.97 Å². The van der Waals surface area contributed by atoms with Gasteiger partial charge in [-0.1, -0.05) is 19.1 Å². The molecule has 1 aliphatic heterocycles.